The molecule has 1 amide bonds. The van der Waals surface area contributed by atoms with Crippen molar-refractivity contribution in [2.24, 2.45) is 0 Å². The van der Waals surface area contributed by atoms with Crippen LogP contribution in [0, 0.1) is 11.3 Å². The van der Waals surface area contributed by atoms with E-state index in [0.717, 1.165) is 18.2 Å². The van der Waals surface area contributed by atoms with E-state index in [9.17, 15) is 18.0 Å². The van der Waals surface area contributed by atoms with Gasteiger partial charge in [0.05, 0.1) is 17.2 Å². The molecule has 12 heteroatoms. The smallest absolute Gasteiger partial charge is 0.342 e. The van der Waals surface area contributed by atoms with Crippen LogP contribution < -0.4 is 5.32 Å². The van der Waals surface area contributed by atoms with Gasteiger partial charge in [0.1, 0.15) is 12.4 Å². The first kappa shape index (κ1) is 24.2. The molecular formula is C19H16ClF3N6OS. The molecule has 0 aliphatic heterocycles. The maximum Gasteiger partial charge on any atom is 0.416 e. The Morgan fingerprint density at radius 1 is 1.29 bits per heavy atom. The highest BCUT2D eigenvalue weighted by Crippen LogP contribution is 2.32. The maximum absolute atomic E-state index is 13.0. The van der Waals surface area contributed by atoms with E-state index >= 15 is 0 Å². The Bertz CT molecular complexity index is 1110. The fourth-order valence-corrected chi connectivity index (χ4v) is 2.95. The number of hydrogen-bond donors (Lipinski definition) is 1. The quantitative estimate of drug-likeness (QED) is 0.605. The second-order valence-corrected chi connectivity index (χ2v) is 6.64. The maximum atomic E-state index is 13.0. The fraction of sp³-hybridized carbons (Fsp3) is 0.211. The standard InChI is InChI=1S/C19H14ClF3N6O.H2S/c1-2-15(17-26-10-27-29(17)16-4-3-11(8-24)9-25-16)28-18(30)12-5-13(19(21,22)23)7-14(20)6-12;/h3-7,9-10,15H,2H2,1H3,(H,28,30);1H2/t15-;/m0./s1. The van der Waals surface area contributed by atoms with Gasteiger partial charge in [-0.15, -0.1) is 0 Å². The minimum atomic E-state index is -4.63. The summed E-state index contributed by atoms with van der Waals surface area (Å²) >= 11 is 5.76. The number of hydrogen-bond acceptors (Lipinski definition) is 5. The number of halogens is 4. The van der Waals surface area contributed by atoms with Crippen molar-refractivity contribution in [3.05, 3.63) is 70.4 Å². The predicted molar refractivity (Wildman–Crippen MR) is 111 cm³/mol. The minimum absolute atomic E-state index is 0. The lowest BCUT2D eigenvalue weighted by Crippen LogP contribution is -2.30. The molecular weight excluding hydrogens is 453 g/mol. The van der Waals surface area contributed by atoms with Crippen LogP contribution in [-0.4, -0.2) is 25.7 Å². The second-order valence-electron chi connectivity index (χ2n) is 6.21. The summed E-state index contributed by atoms with van der Waals surface area (Å²) < 4.78 is 40.4. The van der Waals surface area contributed by atoms with Gasteiger partial charge in [0.15, 0.2) is 11.6 Å². The molecule has 0 spiro atoms. The Labute approximate surface area is 187 Å². The lowest BCUT2D eigenvalue weighted by Gasteiger charge is -2.18. The third kappa shape index (κ3) is 5.53. The van der Waals surface area contributed by atoms with Crippen LogP contribution in [0.25, 0.3) is 5.82 Å². The van der Waals surface area contributed by atoms with E-state index < -0.39 is 23.7 Å². The van der Waals surface area contributed by atoms with Gasteiger partial charge in [-0.3, -0.25) is 4.79 Å². The molecule has 2 heterocycles. The van der Waals surface area contributed by atoms with Gasteiger partial charge < -0.3 is 5.32 Å². The lowest BCUT2D eigenvalue weighted by atomic mass is 10.1. The van der Waals surface area contributed by atoms with Crippen LogP contribution in [0.4, 0.5) is 13.2 Å². The third-order valence-electron chi connectivity index (χ3n) is 4.18. The van der Waals surface area contributed by atoms with Crippen LogP contribution in [0.15, 0.2) is 42.9 Å². The van der Waals surface area contributed by atoms with Crippen molar-refractivity contribution in [3.63, 3.8) is 0 Å². The molecule has 162 valence electrons. The summed E-state index contributed by atoms with van der Waals surface area (Å²) in [6.45, 7) is 1.77. The Balaban J connectivity index is 0.00000341. The number of pyridine rings is 1. The number of aromatic nitrogens is 4. The first-order chi connectivity index (χ1) is 14.2. The number of rotatable bonds is 5. The topological polar surface area (TPSA) is 96.5 Å². The van der Waals surface area contributed by atoms with Gasteiger partial charge in [-0.05, 0) is 36.8 Å². The van der Waals surface area contributed by atoms with Crippen LogP contribution >= 0.6 is 25.1 Å². The van der Waals surface area contributed by atoms with Crippen molar-refractivity contribution in [2.45, 2.75) is 25.6 Å². The van der Waals surface area contributed by atoms with E-state index in [1.807, 2.05) is 6.07 Å². The highest BCUT2D eigenvalue weighted by molar-refractivity contribution is 7.59. The largest absolute Gasteiger partial charge is 0.416 e. The number of benzene rings is 1. The minimum Gasteiger partial charge on any atom is -0.342 e. The van der Waals surface area contributed by atoms with Crippen LogP contribution in [-0.2, 0) is 6.18 Å². The number of carbonyl (C=O) groups is 1. The van der Waals surface area contributed by atoms with Crippen molar-refractivity contribution in [1.29, 1.82) is 5.26 Å². The Kier molecular flexibility index (Phi) is 7.65. The van der Waals surface area contributed by atoms with E-state index in [1.54, 1.807) is 19.1 Å². The number of nitriles is 1. The van der Waals surface area contributed by atoms with Crippen molar-refractivity contribution in [1.82, 2.24) is 25.1 Å². The molecule has 0 radical (unpaired) electrons. The summed E-state index contributed by atoms with van der Waals surface area (Å²) in [5.74, 6) is -0.0327. The molecule has 0 unspecified atom stereocenters. The lowest BCUT2D eigenvalue weighted by molar-refractivity contribution is -0.137. The van der Waals surface area contributed by atoms with E-state index in [0.29, 0.717) is 23.6 Å². The van der Waals surface area contributed by atoms with E-state index in [1.165, 1.54) is 17.2 Å². The summed E-state index contributed by atoms with van der Waals surface area (Å²) in [4.78, 5) is 20.9. The molecule has 0 bridgehead atoms. The molecule has 31 heavy (non-hydrogen) atoms. The van der Waals surface area contributed by atoms with Crippen molar-refractivity contribution in [2.75, 3.05) is 0 Å². The van der Waals surface area contributed by atoms with Crippen LogP contribution in [0.1, 0.15) is 46.7 Å². The zero-order valence-corrected chi connectivity index (χ0v) is 17.7. The molecule has 0 saturated carbocycles. The van der Waals surface area contributed by atoms with E-state index in [4.69, 9.17) is 16.9 Å². The van der Waals surface area contributed by atoms with E-state index in [-0.39, 0.29) is 24.1 Å². The fourth-order valence-electron chi connectivity index (χ4n) is 2.72. The van der Waals surface area contributed by atoms with Gasteiger partial charge in [0, 0.05) is 16.8 Å². The summed E-state index contributed by atoms with van der Waals surface area (Å²) in [7, 11) is 0. The van der Waals surface area contributed by atoms with Gasteiger partial charge in [0.2, 0.25) is 0 Å². The molecule has 0 fully saturated rings. The van der Waals surface area contributed by atoms with E-state index in [2.05, 4.69) is 20.4 Å². The number of alkyl halides is 3. The molecule has 2 aromatic heterocycles. The van der Waals surface area contributed by atoms with Gasteiger partial charge in [0.25, 0.3) is 5.91 Å². The number of nitrogens with zero attached hydrogens (tertiary/aromatic N) is 5. The zero-order chi connectivity index (χ0) is 21.9. The van der Waals surface area contributed by atoms with Crippen molar-refractivity contribution in [3.8, 4) is 11.9 Å². The molecule has 3 rings (SSSR count). The van der Waals surface area contributed by atoms with Gasteiger partial charge in [-0.2, -0.15) is 41.7 Å². The van der Waals surface area contributed by atoms with Crippen LogP contribution in [0.2, 0.25) is 5.02 Å². The average molecular weight is 469 g/mol. The van der Waals surface area contributed by atoms with Crippen molar-refractivity contribution >= 4 is 31.0 Å². The monoisotopic (exact) mass is 468 g/mol. The average Bonchev–Trinajstić information content (AvgIpc) is 3.20. The Morgan fingerprint density at radius 2 is 2.03 bits per heavy atom. The molecule has 3 aromatic rings. The molecule has 0 saturated heterocycles. The third-order valence-corrected chi connectivity index (χ3v) is 4.40. The Morgan fingerprint density at radius 3 is 2.61 bits per heavy atom. The normalized spacial score (nSPS) is 11.9. The highest BCUT2D eigenvalue weighted by atomic mass is 35.5. The van der Waals surface area contributed by atoms with Crippen LogP contribution in [0.3, 0.4) is 0 Å². The summed E-state index contributed by atoms with van der Waals surface area (Å²) in [5.41, 5.74) is -0.879. The number of carbonyl (C=O) groups excluding carboxylic acids is 1. The molecule has 0 aliphatic rings. The zero-order valence-electron chi connectivity index (χ0n) is 16.0. The van der Waals surface area contributed by atoms with Gasteiger partial charge in [-0.25, -0.2) is 9.97 Å². The molecule has 1 atom stereocenters. The van der Waals surface area contributed by atoms with Crippen molar-refractivity contribution < 1.29 is 18.0 Å². The molecule has 1 N–H and O–H groups in total. The Hall–Kier alpha value is -3.10. The second kappa shape index (κ2) is 9.80. The molecule has 0 aliphatic carbocycles. The summed E-state index contributed by atoms with van der Waals surface area (Å²) in [5, 5.41) is 15.4. The summed E-state index contributed by atoms with van der Waals surface area (Å²) in [6, 6.07) is 7.06. The number of nitrogens with one attached hydrogen (secondary N) is 1. The predicted octanol–water partition coefficient (Wildman–Crippen LogP) is 4.20. The highest BCUT2D eigenvalue weighted by Gasteiger charge is 2.32. The van der Waals surface area contributed by atoms with Gasteiger partial charge in [-0.1, -0.05) is 18.5 Å². The molecule has 7 nitrogen and oxygen atoms in total. The van der Waals surface area contributed by atoms with Gasteiger partial charge >= 0.3 is 6.18 Å². The first-order valence-corrected chi connectivity index (χ1v) is 9.05. The van der Waals surface area contributed by atoms with Crippen LogP contribution in [0.5, 0.6) is 0 Å². The summed E-state index contributed by atoms with van der Waals surface area (Å²) in [6.07, 6.45) is -1.62. The SMILES string of the molecule is CC[C@H](NC(=O)c1cc(Cl)cc(C(F)(F)F)c1)c1ncnn1-c1ccc(C#N)cn1.S. The number of amides is 1. The molecule has 1 aromatic carbocycles. The first-order valence-electron chi connectivity index (χ1n) is 8.68.